The molecule has 0 aliphatic carbocycles. The molecule has 4 heterocycles. The lowest BCUT2D eigenvalue weighted by Crippen LogP contribution is -2.38. The fourth-order valence-electron chi connectivity index (χ4n) is 2.94. The molecule has 1 fully saturated rings. The lowest BCUT2D eigenvalue weighted by Gasteiger charge is -2.32. The highest BCUT2D eigenvalue weighted by Crippen LogP contribution is 2.19. The Kier molecular flexibility index (Phi) is 5.10. The van der Waals surface area contributed by atoms with Crippen LogP contribution in [0.4, 0.5) is 0 Å². The van der Waals surface area contributed by atoms with Crippen LogP contribution in [0.2, 0.25) is 0 Å². The molecule has 0 aromatic carbocycles. The van der Waals surface area contributed by atoms with Gasteiger partial charge in [0, 0.05) is 30.4 Å². The number of aromatic nitrogens is 4. The highest BCUT2D eigenvalue weighted by atomic mass is 32.1. The van der Waals surface area contributed by atoms with Crippen LogP contribution in [0.5, 0.6) is 0 Å². The summed E-state index contributed by atoms with van der Waals surface area (Å²) in [5, 5.41) is 6.06. The number of hydrogen-bond acceptors (Lipinski definition) is 8. The largest absolute Gasteiger partial charge is 0.367 e. The van der Waals surface area contributed by atoms with Crippen molar-refractivity contribution in [3.05, 3.63) is 46.9 Å². The summed E-state index contributed by atoms with van der Waals surface area (Å²) < 4.78 is 11.3. The Balaban J connectivity index is 1.30. The molecule has 3 aromatic rings. The van der Waals surface area contributed by atoms with Gasteiger partial charge < -0.3 is 9.26 Å². The SMILES string of the molecule is c1csc(CN2CCCC(OCc3nc(-c4cnccn4)no3)C2)c1. The predicted octanol–water partition coefficient (Wildman–Crippen LogP) is 2.77. The molecule has 1 atom stereocenters. The van der Waals surface area contributed by atoms with Crippen molar-refractivity contribution in [2.75, 3.05) is 13.1 Å². The van der Waals surface area contributed by atoms with Gasteiger partial charge in [0.25, 0.3) is 5.89 Å². The summed E-state index contributed by atoms with van der Waals surface area (Å²) in [6, 6.07) is 4.28. The summed E-state index contributed by atoms with van der Waals surface area (Å²) in [5.74, 6) is 0.908. The maximum Gasteiger partial charge on any atom is 0.253 e. The predicted molar refractivity (Wildman–Crippen MR) is 92.7 cm³/mol. The third kappa shape index (κ3) is 4.28. The number of ether oxygens (including phenoxy) is 1. The molecule has 8 heteroatoms. The monoisotopic (exact) mass is 357 g/mol. The second-order valence-corrected chi connectivity index (χ2v) is 7.02. The molecule has 0 bridgehead atoms. The minimum Gasteiger partial charge on any atom is -0.367 e. The maximum atomic E-state index is 6.00. The quantitative estimate of drug-likeness (QED) is 0.671. The molecule has 0 spiro atoms. The molecule has 4 rings (SSSR count). The number of nitrogens with zero attached hydrogens (tertiary/aromatic N) is 5. The van der Waals surface area contributed by atoms with Gasteiger partial charge in [-0.05, 0) is 30.8 Å². The zero-order valence-electron chi connectivity index (χ0n) is 13.7. The van der Waals surface area contributed by atoms with E-state index in [1.165, 1.54) is 4.88 Å². The van der Waals surface area contributed by atoms with E-state index >= 15 is 0 Å². The first kappa shape index (κ1) is 16.3. The summed E-state index contributed by atoms with van der Waals surface area (Å²) in [5.41, 5.74) is 0.595. The van der Waals surface area contributed by atoms with Gasteiger partial charge in [0.05, 0.1) is 12.3 Å². The summed E-state index contributed by atoms with van der Waals surface area (Å²) >= 11 is 1.80. The van der Waals surface area contributed by atoms with Gasteiger partial charge in [0.1, 0.15) is 12.3 Å². The van der Waals surface area contributed by atoms with Gasteiger partial charge in [-0.3, -0.25) is 9.88 Å². The van der Waals surface area contributed by atoms with Crippen molar-refractivity contribution < 1.29 is 9.26 Å². The molecule has 3 aromatic heterocycles. The van der Waals surface area contributed by atoms with E-state index in [0.717, 1.165) is 32.5 Å². The van der Waals surface area contributed by atoms with Crippen LogP contribution in [0.15, 0.2) is 40.6 Å². The summed E-state index contributed by atoms with van der Waals surface area (Å²) in [4.78, 5) is 16.3. The van der Waals surface area contributed by atoms with Crippen LogP contribution in [0, 0.1) is 0 Å². The fraction of sp³-hybridized carbons (Fsp3) is 0.412. The molecule has 0 N–H and O–H groups in total. The molecule has 7 nitrogen and oxygen atoms in total. The van der Waals surface area contributed by atoms with Crippen LogP contribution in [0.1, 0.15) is 23.6 Å². The summed E-state index contributed by atoms with van der Waals surface area (Å²) in [6.45, 7) is 3.37. The third-order valence-corrected chi connectivity index (χ3v) is 4.99. The Morgan fingerprint density at radius 3 is 3.20 bits per heavy atom. The molecule has 130 valence electrons. The van der Waals surface area contributed by atoms with Crippen molar-refractivity contribution in [2.24, 2.45) is 0 Å². The van der Waals surface area contributed by atoms with E-state index < -0.39 is 0 Å². The molecular weight excluding hydrogens is 338 g/mol. The lowest BCUT2D eigenvalue weighted by atomic mass is 10.1. The number of piperidine rings is 1. The standard InChI is InChI=1S/C17H19N5O2S/c1-3-13(10-22(7-1)11-14-4-2-8-25-14)23-12-16-20-17(21-24-16)15-9-18-5-6-19-15/h2,4-6,8-9,13H,1,3,7,10-12H2. The second-order valence-electron chi connectivity index (χ2n) is 5.99. The molecule has 1 aliphatic heterocycles. The second kappa shape index (κ2) is 7.81. The molecule has 0 saturated carbocycles. The van der Waals surface area contributed by atoms with E-state index in [0.29, 0.717) is 24.0 Å². The fourth-order valence-corrected chi connectivity index (χ4v) is 3.68. The van der Waals surface area contributed by atoms with Crippen LogP contribution < -0.4 is 0 Å². The Hall–Kier alpha value is -2.16. The highest BCUT2D eigenvalue weighted by molar-refractivity contribution is 7.09. The summed E-state index contributed by atoms with van der Waals surface area (Å²) in [6.07, 6.45) is 7.22. The van der Waals surface area contributed by atoms with E-state index in [1.54, 1.807) is 29.9 Å². The lowest BCUT2D eigenvalue weighted by molar-refractivity contribution is -0.0208. The van der Waals surface area contributed by atoms with E-state index in [1.807, 2.05) is 0 Å². The van der Waals surface area contributed by atoms with E-state index in [9.17, 15) is 0 Å². The molecule has 0 radical (unpaired) electrons. The van der Waals surface area contributed by atoms with E-state index in [-0.39, 0.29) is 6.10 Å². The Labute approximate surface area is 149 Å². The van der Waals surface area contributed by atoms with Crippen LogP contribution in [-0.4, -0.2) is 44.2 Å². The van der Waals surface area contributed by atoms with Gasteiger partial charge >= 0.3 is 0 Å². The summed E-state index contributed by atoms with van der Waals surface area (Å²) in [7, 11) is 0. The molecule has 0 amide bonds. The van der Waals surface area contributed by atoms with Crippen molar-refractivity contribution in [1.82, 2.24) is 25.0 Å². The average Bonchev–Trinajstić information content (AvgIpc) is 3.33. The third-order valence-electron chi connectivity index (χ3n) is 4.12. The van der Waals surface area contributed by atoms with E-state index in [4.69, 9.17) is 9.26 Å². The van der Waals surface area contributed by atoms with Crippen LogP contribution in [0.3, 0.4) is 0 Å². The number of likely N-dealkylation sites (tertiary alicyclic amines) is 1. The van der Waals surface area contributed by atoms with Crippen molar-refractivity contribution in [3.63, 3.8) is 0 Å². The van der Waals surface area contributed by atoms with Crippen LogP contribution >= 0.6 is 11.3 Å². The smallest absolute Gasteiger partial charge is 0.253 e. The van der Waals surface area contributed by atoms with Crippen molar-refractivity contribution in [1.29, 1.82) is 0 Å². The minimum absolute atomic E-state index is 0.195. The van der Waals surface area contributed by atoms with Gasteiger partial charge in [-0.1, -0.05) is 11.2 Å². The zero-order chi connectivity index (χ0) is 16.9. The molecule has 25 heavy (non-hydrogen) atoms. The first-order chi connectivity index (χ1) is 12.4. The van der Waals surface area contributed by atoms with Gasteiger partial charge in [-0.2, -0.15) is 4.98 Å². The molecule has 1 saturated heterocycles. The van der Waals surface area contributed by atoms with Crippen molar-refractivity contribution in [2.45, 2.75) is 32.1 Å². The van der Waals surface area contributed by atoms with Crippen molar-refractivity contribution in [3.8, 4) is 11.5 Å². The van der Waals surface area contributed by atoms with E-state index in [2.05, 4.69) is 42.5 Å². The Bertz CT molecular complexity index is 777. The number of rotatable bonds is 6. The van der Waals surface area contributed by atoms with Gasteiger partial charge in [0.15, 0.2) is 0 Å². The minimum atomic E-state index is 0.195. The molecule has 1 unspecified atom stereocenters. The topological polar surface area (TPSA) is 77.2 Å². The number of thiophene rings is 1. The Morgan fingerprint density at radius 1 is 1.36 bits per heavy atom. The van der Waals surface area contributed by atoms with Gasteiger partial charge in [-0.25, -0.2) is 4.98 Å². The highest BCUT2D eigenvalue weighted by Gasteiger charge is 2.21. The first-order valence-corrected chi connectivity index (χ1v) is 9.20. The first-order valence-electron chi connectivity index (χ1n) is 8.32. The average molecular weight is 357 g/mol. The molecular formula is C17H19N5O2S. The van der Waals surface area contributed by atoms with Crippen LogP contribution in [-0.2, 0) is 17.9 Å². The van der Waals surface area contributed by atoms with Gasteiger partial charge in [0.2, 0.25) is 5.82 Å². The number of hydrogen-bond donors (Lipinski definition) is 0. The Morgan fingerprint density at radius 2 is 2.36 bits per heavy atom. The van der Waals surface area contributed by atoms with Crippen LogP contribution in [0.25, 0.3) is 11.5 Å². The van der Waals surface area contributed by atoms with Crippen molar-refractivity contribution >= 4 is 11.3 Å². The normalized spacial score (nSPS) is 18.5. The zero-order valence-corrected chi connectivity index (χ0v) is 14.6. The molecule has 1 aliphatic rings. The maximum absolute atomic E-state index is 6.00. The van der Waals surface area contributed by atoms with Gasteiger partial charge in [-0.15, -0.1) is 11.3 Å².